The zero-order valence-electron chi connectivity index (χ0n) is 14.5. The van der Waals surface area contributed by atoms with Crippen LogP contribution in [0.5, 0.6) is 5.75 Å². The van der Waals surface area contributed by atoms with Gasteiger partial charge in [-0.15, -0.1) is 0 Å². The van der Waals surface area contributed by atoms with E-state index in [1.165, 1.54) is 24.4 Å². The highest BCUT2D eigenvalue weighted by Gasteiger charge is 2.09. The lowest BCUT2D eigenvalue weighted by Crippen LogP contribution is -2.34. The molecule has 6 nitrogen and oxygen atoms in total. The van der Waals surface area contributed by atoms with Crippen molar-refractivity contribution in [2.75, 3.05) is 13.2 Å². The van der Waals surface area contributed by atoms with E-state index < -0.39 is 11.8 Å². The highest BCUT2D eigenvalue weighted by molar-refractivity contribution is 9.10. The monoisotopic (exact) mass is 483 g/mol. The van der Waals surface area contributed by atoms with Gasteiger partial charge in [-0.2, -0.15) is 5.10 Å². The first-order valence-electron chi connectivity index (χ1n) is 7.99. The largest absolute Gasteiger partial charge is 0.489 e. The molecular weight excluding hydrogens is 469 g/mol. The normalized spacial score (nSPS) is 10.5. The zero-order valence-corrected chi connectivity index (χ0v) is 17.6. The number of benzene rings is 2. The van der Waals surface area contributed by atoms with Crippen LogP contribution in [0.2, 0.25) is 10.0 Å². The van der Waals surface area contributed by atoms with E-state index in [1.54, 1.807) is 18.2 Å². The Kier molecular flexibility index (Phi) is 8.50. The van der Waals surface area contributed by atoms with Crippen molar-refractivity contribution < 1.29 is 14.3 Å². The van der Waals surface area contributed by atoms with E-state index in [0.29, 0.717) is 28.5 Å². The van der Waals surface area contributed by atoms with E-state index in [4.69, 9.17) is 27.9 Å². The second-order valence-electron chi connectivity index (χ2n) is 5.39. The van der Waals surface area contributed by atoms with Crippen LogP contribution >= 0.6 is 39.1 Å². The summed E-state index contributed by atoms with van der Waals surface area (Å²) in [5.41, 5.74) is 3.30. The molecule has 9 heteroatoms. The van der Waals surface area contributed by atoms with Crippen molar-refractivity contribution in [1.29, 1.82) is 0 Å². The number of carbonyl (C=O) groups excluding carboxylic acids is 2. The highest BCUT2D eigenvalue weighted by atomic mass is 79.9. The van der Waals surface area contributed by atoms with Gasteiger partial charge in [0.25, 0.3) is 11.8 Å². The van der Waals surface area contributed by atoms with Crippen LogP contribution in [0.4, 0.5) is 0 Å². The lowest BCUT2D eigenvalue weighted by atomic mass is 10.2. The Morgan fingerprint density at radius 3 is 2.68 bits per heavy atom. The van der Waals surface area contributed by atoms with Gasteiger partial charge in [-0.1, -0.05) is 51.8 Å². The zero-order chi connectivity index (χ0) is 20.5. The third-order valence-corrected chi connectivity index (χ3v) is 4.54. The summed E-state index contributed by atoms with van der Waals surface area (Å²) in [7, 11) is 0. The van der Waals surface area contributed by atoms with E-state index in [-0.39, 0.29) is 11.6 Å². The summed E-state index contributed by atoms with van der Waals surface area (Å²) in [5, 5.41) is 6.96. The maximum absolute atomic E-state index is 12.0. The molecule has 0 bridgehead atoms. The minimum Gasteiger partial charge on any atom is -0.489 e. The highest BCUT2D eigenvalue weighted by Crippen LogP contribution is 2.23. The number of ether oxygens (including phenoxy) is 1. The van der Waals surface area contributed by atoms with Crippen LogP contribution in [0.15, 0.2) is 58.6 Å². The van der Waals surface area contributed by atoms with Crippen molar-refractivity contribution in [2.24, 2.45) is 5.10 Å². The van der Waals surface area contributed by atoms with Gasteiger partial charge in [0, 0.05) is 15.6 Å². The summed E-state index contributed by atoms with van der Waals surface area (Å²) >= 11 is 15.1. The van der Waals surface area contributed by atoms with Gasteiger partial charge in [-0.25, -0.2) is 5.43 Å². The van der Waals surface area contributed by atoms with Crippen LogP contribution in [-0.2, 0) is 4.79 Å². The molecule has 2 rings (SSSR count). The van der Waals surface area contributed by atoms with Gasteiger partial charge in [0.15, 0.2) is 0 Å². The first-order valence-corrected chi connectivity index (χ1v) is 9.54. The van der Waals surface area contributed by atoms with Gasteiger partial charge in [-0.05, 0) is 36.4 Å². The van der Waals surface area contributed by atoms with E-state index in [2.05, 4.69) is 38.4 Å². The number of nitrogens with zero attached hydrogens (tertiary/aromatic N) is 1. The number of hydrazone groups is 1. The predicted octanol–water partition coefficient (Wildman–Crippen LogP) is 4.20. The van der Waals surface area contributed by atoms with Gasteiger partial charge in [0.2, 0.25) is 0 Å². The number of rotatable bonds is 8. The third kappa shape index (κ3) is 6.67. The molecular formula is C19H16BrCl2N3O3. The molecule has 0 aromatic heterocycles. The van der Waals surface area contributed by atoms with Crippen LogP contribution in [0.25, 0.3) is 0 Å². The van der Waals surface area contributed by atoms with Gasteiger partial charge in [0.05, 0.1) is 22.8 Å². The fraction of sp³-hybridized carbons (Fsp3) is 0.105. The summed E-state index contributed by atoms with van der Waals surface area (Å²) < 4.78 is 6.36. The molecule has 2 N–H and O–H groups in total. The lowest BCUT2D eigenvalue weighted by Gasteiger charge is -2.07. The molecule has 0 saturated heterocycles. The SMILES string of the molecule is C=CCOc1ccc(Br)cc1/C=N\NC(=O)CNC(=O)c1ccc(Cl)c(Cl)c1. The smallest absolute Gasteiger partial charge is 0.259 e. The van der Waals surface area contributed by atoms with Gasteiger partial charge in [-0.3, -0.25) is 9.59 Å². The topological polar surface area (TPSA) is 79.8 Å². The minimum absolute atomic E-state index is 0.255. The molecule has 2 amide bonds. The Hall–Kier alpha value is -2.35. The van der Waals surface area contributed by atoms with E-state index in [1.807, 2.05) is 6.07 Å². The van der Waals surface area contributed by atoms with E-state index in [0.717, 1.165) is 4.47 Å². The molecule has 0 atom stereocenters. The number of hydrogen-bond acceptors (Lipinski definition) is 4. The van der Waals surface area contributed by atoms with Crippen LogP contribution in [-0.4, -0.2) is 31.2 Å². The number of halogens is 3. The summed E-state index contributed by atoms with van der Waals surface area (Å²) in [5.74, 6) is -0.355. The number of amides is 2. The van der Waals surface area contributed by atoms with Crippen molar-refractivity contribution in [3.63, 3.8) is 0 Å². The Labute approximate surface area is 180 Å². The standard InChI is InChI=1S/C19H16BrCl2N3O3/c1-2-7-28-17-6-4-14(20)8-13(17)10-24-25-18(26)11-23-19(27)12-3-5-15(21)16(22)9-12/h2-6,8-10H,1,7,11H2,(H,23,27)(H,25,26)/b24-10-. The van der Waals surface area contributed by atoms with Crippen molar-refractivity contribution in [3.8, 4) is 5.75 Å². The quantitative estimate of drug-likeness (QED) is 0.334. The van der Waals surface area contributed by atoms with E-state index in [9.17, 15) is 9.59 Å². The van der Waals surface area contributed by atoms with Crippen molar-refractivity contribution in [2.45, 2.75) is 0 Å². The average molecular weight is 485 g/mol. The molecule has 0 spiro atoms. The summed E-state index contributed by atoms with van der Waals surface area (Å²) in [6.45, 7) is 3.69. The Morgan fingerprint density at radius 2 is 1.96 bits per heavy atom. The summed E-state index contributed by atoms with van der Waals surface area (Å²) in [4.78, 5) is 23.9. The first-order chi connectivity index (χ1) is 13.4. The van der Waals surface area contributed by atoms with Crippen LogP contribution in [0, 0.1) is 0 Å². The van der Waals surface area contributed by atoms with Crippen LogP contribution < -0.4 is 15.5 Å². The molecule has 0 heterocycles. The maximum atomic E-state index is 12.0. The van der Waals surface area contributed by atoms with E-state index >= 15 is 0 Å². The Morgan fingerprint density at radius 1 is 1.18 bits per heavy atom. The second-order valence-corrected chi connectivity index (χ2v) is 7.12. The molecule has 0 aliphatic carbocycles. The first kappa shape index (κ1) is 21.9. The number of nitrogens with one attached hydrogen (secondary N) is 2. The number of carbonyl (C=O) groups is 2. The molecule has 146 valence electrons. The fourth-order valence-corrected chi connectivity index (χ4v) is 2.69. The maximum Gasteiger partial charge on any atom is 0.259 e. The molecule has 28 heavy (non-hydrogen) atoms. The fourth-order valence-electron chi connectivity index (χ4n) is 2.01. The van der Waals surface area contributed by atoms with Crippen LogP contribution in [0.3, 0.4) is 0 Å². The second kappa shape index (κ2) is 10.8. The number of hydrogen-bond donors (Lipinski definition) is 2. The Bertz CT molecular complexity index is 919. The molecule has 0 aliphatic rings. The lowest BCUT2D eigenvalue weighted by molar-refractivity contribution is -0.120. The molecule has 2 aromatic rings. The van der Waals surface area contributed by atoms with Gasteiger partial charge >= 0.3 is 0 Å². The minimum atomic E-state index is -0.492. The summed E-state index contributed by atoms with van der Waals surface area (Å²) in [6, 6.07) is 9.83. The molecule has 2 aromatic carbocycles. The predicted molar refractivity (Wildman–Crippen MR) is 114 cm³/mol. The molecule has 0 fully saturated rings. The van der Waals surface area contributed by atoms with Crippen molar-refractivity contribution in [3.05, 3.63) is 74.7 Å². The molecule has 0 aliphatic heterocycles. The third-order valence-electron chi connectivity index (χ3n) is 3.31. The molecule has 0 unspecified atom stereocenters. The summed E-state index contributed by atoms with van der Waals surface area (Å²) in [6.07, 6.45) is 3.07. The molecule has 0 radical (unpaired) electrons. The van der Waals surface area contributed by atoms with Gasteiger partial charge in [0.1, 0.15) is 12.4 Å². The molecule has 0 saturated carbocycles. The van der Waals surface area contributed by atoms with Crippen molar-refractivity contribution in [1.82, 2.24) is 10.7 Å². The van der Waals surface area contributed by atoms with Crippen LogP contribution in [0.1, 0.15) is 15.9 Å². The average Bonchev–Trinajstić information content (AvgIpc) is 2.67. The van der Waals surface area contributed by atoms with Gasteiger partial charge < -0.3 is 10.1 Å². The Balaban J connectivity index is 1.90. The van der Waals surface area contributed by atoms with Crippen molar-refractivity contribution >= 4 is 57.2 Å².